The first kappa shape index (κ1) is 23.8. The molecule has 0 atom stereocenters. The summed E-state index contributed by atoms with van der Waals surface area (Å²) in [5.74, 6) is -0.170. The molecule has 1 aliphatic heterocycles. The summed E-state index contributed by atoms with van der Waals surface area (Å²) >= 11 is 0. The van der Waals surface area contributed by atoms with Crippen molar-refractivity contribution in [2.75, 3.05) is 33.4 Å². The molecule has 2 aromatic rings. The largest absolute Gasteiger partial charge is 0.359 e. The van der Waals surface area contributed by atoms with E-state index >= 15 is 0 Å². The second kappa shape index (κ2) is 9.46. The molecular weight excluding hydrogens is 440 g/mol. The average molecular weight is 475 g/mol. The maximum Gasteiger partial charge on any atom is 0.253 e. The van der Waals surface area contributed by atoms with E-state index in [1.54, 1.807) is 31.1 Å². The molecule has 0 unspecified atom stereocenters. The van der Waals surface area contributed by atoms with Crippen LogP contribution < -0.4 is 5.32 Å². The average Bonchev–Trinajstić information content (AvgIpc) is 3.43. The maximum atomic E-state index is 13.1. The van der Waals surface area contributed by atoms with Gasteiger partial charge in [0, 0.05) is 69.3 Å². The number of carbonyl (C=O) groups excluding carboxylic acids is 2. The van der Waals surface area contributed by atoms with Crippen molar-refractivity contribution < 1.29 is 18.0 Å². The van der Waals surface area contributed by atoms with Crippen LogP contribution in [-0.2, 0) is 27.8 Å². The third-order valence-corrected chi connectivity index (χ3v) is 8.15. The predicted octanol–water partition coefficient (Wildman–Crippen LogP) is 2.35. The quantitative estimate of drug-likeness (QED) is 0.665. The van der Waals surface area contributed by atoms with Crippen LogP contribution in [0.2, 0.25) is 0 Å². The highest BCUT2D eigenvalue weighted by Gasteiger charge is 2.32. The molecule has 4 rings (SSSR count). The number of amides is 2. The molecule has 0 saturated heterocycles. The van der Waals surface area contributed by atoms with Crippen LogP contribution in [0, 0.1) is 0 Å². The van der Waals surface area contributed by atoms with E-state index in [0.717, 1.165) is 29.7 Å². The van der Waals surface area contributed by atoms with Gasteiger partial charge in [0.25, 0.3) is 5.91 Å². The summed E-state index contributed by atoms with van der Waals surface area (Å²) in [6.45, 7) is 2.06. The lowest BCUT2D eigenvalue weighted by Crippen LogP contribution is -2.38. The van der Waals surface area contributed by atoms with E-state index in [2.05, 4.69) is 10.2 Å². The molecule has 1 aromatic heterocycles. The first-order chi connectivity index (χ1) is 15.7. The summed E-state index contributed by atoms with van der Waals surface area (Å²) in [5, 5.41) is 3.44. The summed E-state index contributed by atoms with van der Waals surface area (Å²) in [4.78, 5) is 28.6. The first-order valence-electron chi connectivity index (χ1n) is 11.8. The number of aromatic nitrogens is 1. The van der Waals surface area contributed by atoms with Crippen LogP contribution in [0.5, 0.6) is 0 Å². The van der Waals surface area contributed by atoms with Crippen molar-refractivity contribution in [2.45, 2.75) is 57.5 Å². The molecule has 2 aliphatic rings. The Morgan fingerprint density at radius 1 is 1.21 bits per heavy atom. The van der Waals surface area contributed by atoms with Crippen molar-refractivity contribution in [2.24, 2.45) is 0 Å². The molecule has 8 nitrogen and oxygen atoms in total. The topological polar surface area (TPSA) is 91.7 Å². The standard InChI is InChI=1S/C24H34N4O4S/c1-25-23(29)9-6-13-26(2)24(30)17-10-11-21-19(15-17)20-16-27(18-7-4-5-8-18)14-12-22(20)28(21)33(3,31)32/h10-11,15,18H,4-9,12-14,16H2,1-3H3,(H,25,29). The van der Waals surface area contributed by atoms with Gasteiger partial charge in [-0.25, -0.2) is 12.4 Å². The summed E-state index contributed by atoms with van der Waals surface area (Å²) in [5.41, 5.74) is 3.07. The van der Waals surface area contributed by atoms with Crippen LogP contribution in [0.1, 0.15) is 60.1 Å². The molecule has 1 aromatic carbocycles. The number of nitrogens with zero attached hydrogens (tertiary/aromatic N) is 3. The summed E-state index contributed by atoms with van der Waals surface area (Å²) < 4.78 is 26.8. The number of fused-ring (bicyclic) bond motifs is 3. The molecule has 1 aliphatic carbocycles. The molecule has 9 heteroatoms. The highest BCUT2D eigenvalue weighted by Crippen LogP contribution is 2.35. The predicted molar refractivity (Wildman–Crippen MR) is 129 cm³/mol. The Morgan fingerprint density at radius 3 is 2.61 bits per heavy atom. The van der Waals surface area contributed by atoms with Crippen molar-refractivity contribution >= 4 is 32.7 Å². The normalized spacial score (nSPS) is 17.3. The van der Waals surface area contributed by atoms with E-state index in [9.17, 15) is 18.0 Å². The minimum Gasteiger partial charge on any atom is -0.359 e. The molecule has 2 amide bonds. The molecule has 1 fully saturated rings. The number of benzene rings is 1. The van der Waals surface area contributed by atoms with Gasteiger partial charge in [-0.2, -0.15) is 0 Å². The van der Waals surface area contributed by atoms with Gasteiger partial charge in [0.2, 0.25) is 15.9 Å². The minimum atomic E-state index is -3.47. The lowest BCUT2D eigenvalue weighted by atomic mass is 10.0. The van der Waals surface area contributed by atoms with Crippen molar-refractivity contribution in [1.82, 2.24) is 19.1 Å². The fraction of sp³-hybridized carbons (Fsp3) is 0.583. The molecular formula is C24H34N4O4S. The van der Waals surface area contributed by atoms with Gasteiger partial charge in [-0.3, -0.25) is 14.5 Å². The Balaban J connectivity index is 1.66. The Hall–Kier alpha value is -2.39. The summed E-state index contributed by atoms with van der Waals surface area (Å²) in [7, 11) is -0.139. The molecule has 0 bridgehead atoms. The van der Waals surface area contributed by atoms with Gasteiger partial charge in [0.15, 0.2) is 0 Å². The smallest absolute Gasteiger partial charge is 0.253 e. The van der Waals surface area contributed by atoms with Gasteiger partial charge in [-0.15, -0.1) is 0 Å². The lowest BCUT2D eigenvalue weighted by Gasteiger charge is -2.32. The van der Waals surface area contributed by atoms with E-state index in [0.29, 0.717) is 42.9 Å². The van der Waals surface area contributed by atoms with Crippen LogP contribution >= 0.6 is 0 Å². The number of nitrogens with one attached hydrogen (secondary N) is 1. The number of hydrogen-bond acceptors (Lipinski definition) is 5. The second-order valence-corrected chi connectivity index (χ2v) is 11.2. The monoisotopic (exact) mass is 474 g/mol. The fourth-order valence-corrected chi connectivity index (χ4v) is 6.47. The Kier molecular flexibility index (Phi) is 6.81. The third kappa shape index (κ3) is 4.80. The lowest BCUT2D eigenvalue weighted by molar-refractivity contribution is -0.120. The molecule has 1 saturated carbocycles. The minimum absolute atomic E-state index is 0.0437. The van der Waals surface area contributed by atoms with Gasteiger partial charge in [0.1, 0.15) is 0 Å². The Morgan fingerprint density at radius 2 is 1.94 bits per heavy atom. The van der Waals surface area contributed by atoms with Gasteiger partial charge in [-0.05, 0) is 43.0 Å². The van der Waals surface area contributed by atoms with E-state index in [-0.39, 0.29) is 11.8 Å². The van der Waals surface area contributed by atoms with Crippen LogP contribution in [-0.4, -0.2) is 73.5 Å². The van der Waals surface area contributed by atoms with E-state index in [1.165, 1.54) is 35.9 Å². The summed E-state index contributed by atoms with van der Waals surface area (Å²) in [6.07, 6.45) is 7.80. The van der Waals surface area contributed by atoms with Gasteiger partial charge < -0.3 is 10.2 Å². The maximum absolute atomic E-state index is 13.1. The third-order valence-electron chi connectivity index (χ3n) is 7.07. The molecule has 2 heterocycles. The highest BCUT2D eigenvalue weighted by atomic mass is 32.2. The zero-order chi connectivity index (χ0) is 23.8. The van der Waals surface area contributed by atoms with Crippen molar-refractivity contribution in [3.8, 4) is 0 Å². The fourth-order valence-electron chi connectivity index (χ4n) is 5.36. The van der Waals surface area contributed by atoms with E-state index in [1.807, 2.05) is 6.07 Å². The highest BCUT2D eigenvalue weighted by molar-refractivity contribution is 7.89. The summed E-state index contributed by atoms with van der Waals surface area (Å²) in [6, 6.07) is 5.89. The number of carbonyl (C=O) groups is 2. The molecule has 0 radical (unpaired) electrons. The van der Waals surface area contributed by atoms with E-state index in [4.69, 9.17) is 0 Å². The molecule has 1 N–H and O–H groups in total. The molecule has 180 valence electrons. The van der Waals surface area contributed by atoms with Gasteiger partial charge in [0.05, 0.1) is 11.8 Å². The Labute approximate surface area is 196 Å². The molecule has 0 spiro atoms. The van der Waals surface area contributed by atoms with Crippen molar-refractivity contribution in [3.05, 3.63) is 35.0 Å². The zero-order valence-electron chi connectivity index (χ0n) is 19.8. The zero-order valence-corrected chi connectivity index (χ0v) is 20.6. The van der Waals surface area contributed by atoms with Crippen molar-refractivity contribution in [3.63, 3.8) is 0 Å². The molecule has 33 heavy (non-hydrogen) atoms. The van der Waals surface area contributed by atoms with Gasteiger partial charge >= 0.3 is 0 Å². The van der Waals surface area contributed by atoms with Crippen molar-refractivity contribution in [1.29, 1.82) is 0 Å². The van der Waals surface area contributed by atoms with Crippen LogP contribution in [0.25, 0.3) is 10.9 Å². The van der Waals surface area contributed by atoms with Gasteiger partial charge in [-0.1, -0.05) is 12.8 Å². The van der Waals surface area contributed by atoms with Crippen LogP contribution in [0.4, 0.5) is 0 Å². The SMILES string of the molecule is CNC(=O)CCCN(C)C(=O)c1ccc2c(c1)c1c(n2S(C)(=O)=O)CCN(C2CCCC2)C1. The van der Waals surface area contributed by atoms with E-state index < -0.39 is 10.0 Å². The number of rotatable bonds is 7. The second-order valence-electron chi connectivity index (χ2n) is 9.35. The Bertz CT molecular complexity index is 1160. The first-order valence-corrected chi connectivity index (χ1v) is 13.6. The van der Waals surface area contributed by atoms with Crippen LogP contribution in [0.3, 0.4) is 0 Å². The van der Waals surface area contributed by atoms with Crippen LogP contribution in [0.15, 0.2) is 18.2 Å². The number of hydrogen-bond donors (Lipinski definition) is 1.